The molecule has 2 heterocycles. The van der Waals surface area contributed by atoms with Crippen LogP contribution in [0.4, 0.5) is 4.39 Å². The molecule has 2 aliphatic rings. The van der Waals surface area contributed by atoms with Gasteiger partial charge < -0.3 is 4.74 Å². The zero-order valence-electron chi connectivity index (χ0n) is 12.7. The highest BCUT2D eigenvalue weighted by Crippen LogP contribution is 2.29. The predicted octanol–water partition coefficient (Wildman–Crippen LogP) is 1.35. The topological polar surface area (TPSA) is 68.3 Å². The lowest BCUT2D eigenvalue weighted by molar-refractivity contribution is -0.425. The minimum Gasteiger partial charge on any atom is -0.380 e. The molecule has 0 aliphatic carbocycles. The number of carbonyl (C=O) groups excluding carboxylic acids is 2. The molecule has 0 N–H and O–H groups in total. The van der Waals surface area contributed by atoms with Gasteiger partial charge in [-0.05, 0) is 19.1 Å². The Morgan fingerprint density at radius 3 is 2.91 bits per heavy atom. The summed E-state index contributed by atoms with van der Waals surface area (Å²) in [6.45, 7) is 3.44. The molecule has 1 atom stereocenters. The van der Waals surface area contributed by atoms with Gasteiger partial charge in [-0.2, -0.15) is 0 Å². The van der Waals surface area contributed by atoms with Crippen LogP contribution in [0.2, 0.25) is 0 Å². The van der Waals surface area contributed by atoms with E-state index in [0.717, 1.165) is 11.0 Å². The van der Waals surface area contributed by atoms with Gasteiger partial charge in [-0.3, -0.25) is 14.4 Å². The number of ether oxygens (including phenoxy) is 1. The van der Waals surface area contributed by atoms with Crippen LogP contribution < -0.4 is 0 Å². The largest absolute Gasteiger partial charge is 0.380 e. The van der Waals surface area contributed by atoms with E-state index in [1.54, 1.807) is 0 Å². The lowest BCUT2D eigenvalue weighted by Crippen LogP contribution is -2.49. The second-order valence-electron chi connectivity index (χ2n) is 5.08. The molecule has 1 aromatic carbocycles. The number of hydrogen-bond acceptors (Lipinski definition) is 6. The molecule has 0 radical (unpaired) electrons. The van der Waals surface area contributed by atoms with E-state index in [9.17, 15) is 14.0 Å². The summed E-state index contributed by atoms with van der Waals surface area (Å²) in [5.74, 6) is -1.94. The molecule has 7 nitrogen and oxygen atoms in total. The average molecular weight is 324 g/mol. The van der Waals surface area contributed by atoms with Gasteiger partial charge in [0.05, 0.1) is 30.9 Å². The van der Waals surface area contributed by atoms with Crippen LogP contribution >= 0.6 is 0 Å². The molecule has 1 fully saturated rings. The number of nitrogens with zero attached hydrogens (tertiary/aromatic N) is 2. The van der Waals surface area contributed by atoms with Gasteiger partial charge in [-0.25, -0.2) is 14.1 Å². The van der Waals surface area contributed by atoms with E-state index >= 15 is 0 Å². The van der Waals surface area contributed by atoms with Gasteiger partial charge >= 0.3 is 0 Å². The number of hydroxylamine groups is 2. The quantitative estimate of drug-likeness (QED) is 0.602. The Balaban J connectivity index is 1.74. The van der Waals surface area contributed by atoms with E-state index in [4.69, 9.17) is 14.4 Å². The SMILES string of the molecule is CCOCCN1OCCC(N2C(=O)c3cccc(F)c3C2=O)O1. The predicted molar refractivity (Wildman–Crippen MR) is 75.5 cm³/mol. The molecule has 124 valence electrons. The van der Waals surface area contributed by atoms with Crippen molar-refractivity contribution in [2.45, 2.75) is 19.6 Å². The third kappa shape index (κ3) is 2.98. The number of rotatable bonds is 5. The highest BCUT2D eigenvalue weighted by Gasteiger charge is 2.44. The van der Waals surface area contributed by atoms with Crippen molar-refractivity contribution in [1.82, 2.24) is 10.1 Å². The highest BCUT2D eigenvalue weighted by atomic mass is 19.1. The maximum Gasteiger partial charge on any atom is 0.266 e. The molecule has 8 heteroatoms. The molecule has 0 spiro atoms. The molecule has 2 aliphatic heterocycles. The fraction of sp³-hybridized carbons (Fsp3) is 0.467. The second-order valence-corrected chi connectivity index (χ2v) is 5.08. The van der Waals surface area contributed by atoms with Gasteiger partial charge in [0.2, 0.25) is 0 Å². The first-order valence-electron chi connectivity index (χ1n) is 7.45. The van der Waals surface area contributed by atoms with Crippen LogP contribution in [-0.4, -0.2) is 54.5 Å². The molecular weight excluding hydrogens is 307 g/mol. The van der Waals surface area contributed by atoms with Crippen molar-refractivity contribution in [3.8, 4) is 0 Å². The van der Waals surface area contributed by atoms with E-state index in [0.29, 0.717) is 26.2 Å². The lowest BCUT2D eigenvalue weighted by atomic mass is 10.1. The monoisotopic (exact) mass is 324 g/mol. The maximum atomic E-state index is 13.8. The molecule has 0 aromatic heterocycles. The number of benzene rings is 1. The first-order valence-corrected chi connectivity index (χ1v) is 7.45. The number of imide groups is 1. The maximum absolute atomic E-state index is 13.8. The zero-order chi connectivity index (χ0) is 16.4. The van der Waals surface area contributed by atoms with E-state index in [-0.39, 0.29) is 17.7 Å². The summed E-state index contributed by atoms with van der Waals surface area (Å²) in [6.07, 6.45) is -0.504. The second kappa shape index (κ2) is 6.71. The van der Waals surface area contributed by atoms with Crippen molar-refractivity contribution in [3.05, 3.63) is 35.1 Å². The number of amides is 2. The van der Waals surface area contributed by atoms with Crippen LogP contribution in [-0.2, 0) is 14.4 Å². The van der Waals surface area contributed by atoms with E-state index in [2.05, 4.69) is 0 Å². The lowest BCUT2D eigenvalue weighted by Gasteiger charge is -2.34. The van der Waals surface area contributed by atoms with Crippen LogP contribution in [0.3, 0.4) is 0 Å². The molecule has 1 saturated heterocycles. The van der Waals surface area contributed by atoms with E-state index in [1.165, 1.54) is 17.4 Å². The minimum absolute atomic E-state index is 0.0611. The van der Waals surface area contributed by atoms with Crippen LogP contribution in [0.1, 0.15) is 34.1 Å². The molecule has 0 saturated carbocycles. The van der Waals surface area contributed by atoms with Crippen molar-refractivity contribution in [1.29, 1.82) is 0 Å². The minimum atomic E-state index is -0.822. The third-order valence-electron chi connectivity index (χ3n) is 3.65. The molecule has 2 amide bonds. The van der Waals surface area contributed by atoms with E-state index < -0.39 is 23.9 Å². The summed E-state index contributed by atoms with van der Waals surface area (Å²) >= 11 is 0. The van der Waals surface area contributed by atoms with Gasteiger partial charge in [0.25, 0.3) is 11.8 Å². The Kier molecular flexibility index (Phi) is 4.67. The molecule has 0 bridgehead atoms. The normalized spacial score (nSPS) is 21.8. The number of hydrogen-bond donors (Lipinski definition) is 0. The summed E-state index contributed by atoms with van der Waals surface area (Å²) in [5, 5.41) is 1.20. The fourth-order valence-corrected chi connectivity index (χ4v) is 2.57. The summed E-state index contributed by atoms with van der Waals surface area (Å²) in [6, 6.07) is 4.00. The van der Waals surface area contributed by atoms with Gasteiger partial charge in [-0.15, -0.1) is 0 Å². The fourth-order valence-electron chi connectivity index (χ4n) is 2.57. The Labute approximate surface area is 132 Å². The summed E-state index contributed by atoms with van der Waals surface area (Å²) < 4.78 is 19.1. The molecule has 1 aromatic rings. The van der Waals surface area contributed by atoms with Crippen molar-refractivity contribution < 1.29 is 28.4 Å². The number of halogens is 1. The van der Waals surface area contributed by atoms with Gasteiger partial charge in [0.1, 0.15) is 5.82 Å². The molecule has 3 rings (SSSR count). The van der Waals surface area contributed by atoms with Crippen molar-refractivity contribution in [3.63, 3.8) is 0 Å². The molecule has 1 unspecified atom stereocenters. The Hall–Kier alpha value is -1.87. The Morgan fingerprint density at radius 2 is 2.17 bits per heavy atom. The van der Waals surface area contributed by atoms with Gasteiger partial charge in [-0.1, -0.05) is 11.3 Å². The smallest absolute Gasteiger partial charge is 0.266 e. The van der Waals surface area contributed by atoms with Crippen molar-refractivity contribution in [2.75, 3.05) is 26.4 Å². The summed E-state index contributed by atoms with van der Waals surface area (Å²) in [7, 11) is 0. The van der Waals surface area contributed by atoms with Crippen LogP contribution in [0.25, 0.3) is 0 Å². The van der Waals surface area contributed by atoms with Crippen LogP contribution in [0.15, 0.2) is 18.2 Å². The number of carbonyl (C=O) groups is 2. The first-order chi connectivity index (χ1) is 11.1. The highest BCUT2D eigenvalue weighted by molar-refractivity contribution is 6.21. The van der Waals surface area contributed by atoms with Gasteiger partial charge in [0, 0.05) is 13.0 Å². The Morgan fingerprint density at radius 1 is 1.35 bits per heavy atom. The van der Waals surface area contributed by atoms with E-state index in [1.807, 2.05) is 6.92 Å². The van der Waals surface area contributed by atoms with Crippen LogP contribution in [0.5, 0.6) is 0 Å². The molecular formula is C15H17FN2O5. The summed E-state index contributed by atoms with van der Waals surface area (Å²) in [4.78, 5) is 36.6. The molecule has 23 heavy (non-hydrogen) atoms. The van der Waals surface area contributed by atoms with Crippen LogP contribution in [0, 0.1) is 5.82 Å². The average Bonchev–Trinajstić information content (AvgIpc) is 2.80. The standard InChI is InChI=1S/C15H17FN2O5/c1-2-21-9-7-17-22-8-6-12(23-17)18-14(19)10-4-3-5-11(16)13(10)15(18)20/h3-5,12H,2,6-9H2,1H3. The third-order valence-corrected chi connectivity index (χ3v) is 3.65. The van der Waals surface area contributed by atoms with Crippen molar-refractivity contribution >= 4 is 11.8 Å². The number of fused-ring (bicyclic) bond motifs is 1. The van der Waals surface area contributed by atoms with Crippen molar-refractivity contribution in [2.24, 2.45) is 0 Å². The van der Waals surface area contributed by atoms with Gasteiger partial charge in [0.15, 0.2) is 6.23 Å². The zero-order valence-corrected chi connectivity index (χ0v) is 12.7. The summed E-state index contributed by atoms with van der Waals surface area (Å²) in [5.41, 5.74) is -0.139. The Bertz CT molecular complexity index is 624. The first kappa shape index (κ1) is 16.0.